The van der Waals surface area contributed by atoms with Gasteiger partial charge in [0, 0.05) is 0 Å². The molecule has 1 rings (SSSR count). The molecule has 2 N–H and O–H groups in total. The van der Waals surface area contributed by atoms with E-state index in [-0.39, 0.29) is 12.4 Å². The van der Waals surface area contributed by atoms with Crippen LogP contribution >= 0.6 is 12.4 Å². The number of aromatic nitrogens is 1. The van der Waals surface area contributed by atoms with E-state index in [0.29, 0.717) is 0 Å². The van der Waals surface area contributed by atoms with Crippen molar-refractivity contribution in [3.8, 4) is 0 Å². The highest BCUT2D eigenvalue weighted by molar-refractivity contribution is 5.85. The number of nitrogen functional groups attached to an aromatic ring is 1. The number of nitrogens with zero attached hydrogens (tertiary/aromatic N) is 1. The summed E-state index contributed by atoms with van der Waals surface area (Å²) in [5.74, 6) is -1.65. The highest BCUT2D eigenvalue weighted by Gasteiger charge is 2.01. The van der Waals surface area contributed by atoms with E-state index in [1.54, 1.807) is 0 Å². The highest BCUT2D eigenvalue weighted by Crippen LogP contribution is 2.10. The Balaban J connectivity index is 0.000000810. The smallest absolute Gasteiger partial charge is 0.167 e. The van der Waals surface area contributed by atoms with Crippen LogP contribution in [0.25, 0.3) is 0 Å². The van der Waals surface area contributed by atoms with E-state index in [1.165, 1.54) is 0 Å². The molecule has 0 aliphatic carbocycles. The molecule has 1 heterocycles. The molecule has 1 aromatic heterocycles. The molecule has 0 aliphatic rings. The van der Waals surface area contributed by atoms with Gasteiger partial charge >= 0.3 is 0 Å². The maximum Gasteiger partial charge on any atom is 0.167 e. The fourth-order valence-electron chi connectivity index (χ4n) is 0.421. The zero-order chi connectivity index (χ0) is 6.85. The summed E-state index contributed by atoms with van der Waals surface area (Å²) in [5.41, 5.74) is 4.41. The van der Waals surface area contributed by atoms with E-state index in [1.807, 2.05) is 0 Å². The fourth-order valence-corrected chi connectivity index (χ4v) is 0.421. The van der Waals surface area contributed by atoms with Gasteiger partial charge in [-0.3, -0.25) is 4.98 Å². The molecule has 0 atom stereocenters. The van der Waals surface area contributed by atoms with E-state index in [0.717, 1.165) is 12.4 Å². The molecule has 0 saturated heterocycles. The van der Waals surface area contributed by atoms with E-state index in [4.69, 9.17) is 5.73 Å². The molecule has 0 saturated carbocycles. The van der Waals surface area contributed by atoms with Crippen LogP contribution in [0.1, 0.15) is 0 Å². The lowest BCUT2D eigenvalue weighted by Crippen LogP contribution is -1.95. The van der Waals surface area contributed by atoms with Crippen LogP contribution in [0.2, 0.25) is 0 Å². The molecule has 1 aromatic rings. The van der Waals surface area contributed by atoms with Crippen LogP contribution in [-0.2, 0) is 0 Å². The number of hydrogen-bond donors (Lipinski definition) is 1. The maximum atomic E-state index is 12.2. The normalized spacial score (nSPS) is 8.60. The zero-order valence-corrected chi connectivity index (χ0v) is 5.66. The summed E-state index contributed by atoms with van der Waals surface area (Å²) in [6.07, 6.45) is 1.72. The lowest BCUT2D eigenvalue weighted by molar-refractivity contribution is 0.581. The van der Waals surface area contributed by atoms with Crippen LogP contribution in [-0.4, -0.2) is 4.98 Å². The fraction of sp³-hybridized carbons (Fsp3) is 0. The molecule has 0 unspecified atom stereocenters. The van der Waals surface area contributed by atoms with E-state index < -0.39 is 17.3 Å². The van der Waals surface area contributed by atoms with Crippen LogP contribution in [0.5, 0.6) is 0 Å². The van der Waals surface area contributed by atoms with Gasteiger partial charge in [-0.2, -0.15) is 0 Å². The summed E-state index contributed by atoms with van der Waals surface area (Å²) in [4.78, 5) is 3.21. The molecular weight excluding hydrogens is 162 g/mol. The summed E-state index contributed by atoms with van der Waals surface area (Å²) in [7, 11) is 0. The third-order valence-electron chi connectivity index (χ3n) is 0.890. The zero-order valence-electron chi connectivity index (χ0n) is 4.84. The first-order valence-electron chi connectivity index (χ1n) is 2.26. The van der Waals surface area contributed by atoms with Gasteiger partial charge < -0.3 is 5.73 Å². The SMILES string of the molecule is Cl.Nc1c(F)cncc1F. The summed E-state index contributed by atoms with van der Waals surface area (Å²) in [6, 6.07) is 0. The number of rotatable bonds is 0. The van der Waals surface area contributed by atoms with Gasteiger partial charge in [-0.05, 0) is 0 Å². The summed E-state index contributed by atoms with van der Waals surface area (Å²) < 4.78 is 24.3. The van der Waals surface area contributed by atoms with Crippen molar-refractivity contribution in [3.63, 3.8) is 0 Å². The van der Waals surface area contributed by atoms with Gasteiger partial charge in [0.15, 0.2) is 11.6 Å². The monoisotopic (exact) mass is 166 g/mol. The third-order valence-corrected chi connectivity index (χ3v) is 0.890. The first-order valence-corrected chi connectivity index (χ1v) is 2.26. The van der Waals surface area contributed by atoms with Crippen molar-refractivity contribution in [1.29, 1.82) is 0 Å². The van der Waals surface area contributed by atoms with E-state index in [2.05, 4.69) is 4.98 Å². The van der Waals surface area contributed by atoms with Crippen LogP contribution in [0.3, 0.4) is 0 Å². The molecule has 0 radical (unpaired) electrons. The average molecular weight is 167 g/mol. The standard InChI is InChI=1S/C5H4F2N2.ClH/c6-3-1-9-2-4(7)5(3)8;/h1-2H,(H2,8,9);1H. The lowest BCUT2D eigenvalue weighted by atomic mass is 10.4. The van der Waals surface area contributed by atoms with Crippen LogP contribution in [0.4, 0.5) is 14.5 Å². The van der Waals surface area contributed by atoms with Crippen molar-refractivity contribution in [2.45, 2.75) is 0 Å². The topological polar surface area (TPSA) is 38.9 Å². The molecule has 0 spiro atoms. The van der Waals surface area contributed by atoms with Gasteiger partial charge in [-0.15, -0.1) is 12.4 Å². The quantitative estimate of drug-likeness (QED) is 0.632. The van der Waals surface area contributed by atoms with Gasteiger partial charge in [0.05, 0.1) is 12.4 Å². The minimum Gasteiger partial charge on any atom is -0.394 e. The molecule has 56 valence electrons. The molecule has 0 aromatic carbocycles. The van der Waals surface area contributed by atoms with Crippen molar-refractivity contribution < 1.29 is 8.78 Å². The van der Waals surface area contributed by atoms with Crippen molar-refractivity contribution in [1.82, 2.24) is 4.98 Å². The second kappa shape index (κ2) is 3.31. The number of hydrogen-bond acceptors (Lipinski definition) is 2. The molecule has 10 heavy (non-hydrogen) atoms. The second-order valence-electron chi connectivity index (χ2n) is 1.52. The van der Waals surface area contributed by atoms with E-state index in [9.17, 15) is 8.78 Å². The first kappa shape index (κ1) is 9.10. The molecule has 0 fully saturated rings. The highest BCUT2D eigenvalue weighted by atomic mass is 35.5. The van der Waals surface area contributed by atoms with Gasteiger partial charge in [0.25, 0.3) is 0 Å². The van der Waals surface area contributed by atoms with Gasteiger partial charge in [0.1, 0.15) is 5.69 Å². The second-order valence-corrected chi connectivity index (χ2v) is 1.52. The van der Waals surface area contributed by atoms with Crippen molar-refractivity contribution in [2.75, 3.05) is 5.73 Å². The molecular formula is C5H5ClF2N2. The molecule has 0 amide bonds. The average Bonchev–Trinajstić information content (AvgIpc) is 1.83. The van der Waals surface area contributed by atoms with Crippen molar-refractivity contribution in [2.24, 2.45) is 0 Å². The third kappa shape index (κ3) is 1.54. The maximum absolute atomic E-state index is 12.2. The Morgan fingerprint density at radius 2 is 1.60 bits per heavy atom. The summed E-state index contributed by atoms with van der Waals surface area (Å²) in [5, 5.41) is 0. The van der Waals surface area contributed by atoms with Crippen LogP contribution in [0.15, 0.2) is 12.4 Å². The molecule has 0 bridgehead atoms. The largest absolute Gasteiger partial charge is 0.394 e. The number of nitrogens with two attached hydrogens (primary N) is 1. The Labute approximate surface area is 62.5 Å². The molecule has 2 nitrogen and oxygen atoms in total. The molecule has 5 heteroatoms. The Morgan fingerprint density at radius 1 is 1.20 bits per heavy atom. The van der Waals surface area contributed by atoms with Crippen molar-refractivity contribution >= 4 is 18.1 Å². The Bertz CT molecular complexity index is 209. The summed E-state index contributed by atoms with van der Waals surface area (Å²) in [6.45, 7) is 0. The van der Waals surface area contributed by atoms with Crippen LogP contribution in [0, 0.1) is 11.6 Å². The van der Waals surface area contributed by atoms with Gasteiger partial charge in [-0.1, -0.05) is 0 Å². The first-order chi connectivity index (χ1) is 4.22. The lowest BCUT2D eigenvalue weighted by Gasteiger charge is -1.93. The van der Waals surface area contributed by atoms with Gasteiger partial charge in [-0.25, -0.2) is 8.78 Å². The minimum absolute atomic E-state index is 0. The Kier molecular flexibility index (Phi) is 3.02. The number of anilines is 1. The number of halogens is 3. The van der Waals surface area contributed by atoms with Gasteiger partial charge in [0.2, 0.25) is 0 Å². The van der Waals surface area contributed by atoms with Crippen molar-refractivity contribution in [3.05, 3.63) is 24.0 Å². The number of pyridine rings is 1. The van der Waals surface area contributed by atoms with Crippen LogP contribution < -0.4 is 5.73 Å². The van der Waals surface area contributed by atoms with E-state index >= 15 is 0 Å². The predicted molar refractivity (Wildman–Crippen MR) is 35.8 cm³/mol. The minimum atomic E-state index is -0.824. The summed E-state index contributed by atoms with van der Waals surface area (Å²) >= 11 is 0. The Hall–Kier alpha value is -0.900. The molecule has 0 aliphatic heterocycles. The Morgan fingerprint density at radius 3 is 1.90 bits per heavy atom. The predicted octanol–water partition coefficient (Wildman–Crippen LogP) is 1.36.